The van der Waals surface area contributed by atoms with Gasteiger partial charge in [0.2, 0.25) is 5.91 Å². The van der Waals surface area contributed by atoms with Crippen molar-refractivity contribution in [2.24, 2.45) is 0 Å². The van der Waals surface area contributed by atoms with Crippen molar-refractivity contribution in [2.45, 2.75) is 20.3 Å². The zero-order chi connectivity index (χ0) is 17.9. The maximum absolute atomic E-state index is 12.4. The molecule has 124 valence electrons. The molecule has 0 aliphatic heterocycles. The zero-order valence-electron chi connectivity index (χ0n) is 13.1. The largest absolute Gasteiger partial charge is 0.326 e. The van der Waals surface area contributed by atoms with Crippen LogP contribution >= 0.6 is 11.6 Å². The first-order valence-corrected chi connectivity index (χ1v) is 7.50. The Bertz CT molecular complexity index is 833. The van der Waals surface area contributed by atoms with E-state index >= 15 is 0 Å². The molecule has 0 aromatic heterocycles. The van der Waals surface area contributed by atoms with Gasteiger partial charge < -0.3 is 5.32 Å². The standard InChI is InChI=1S/C17H15ClN2O4/c1-10-7-13(19-11(2)21)4-3-12(10)8-17(22)15-9-14(20(23)24)5-6-16(15)18/h3-7,9H,8H2,1-2H3,(H,19,21). The third kappa shape index (κ3) is 4.17. The number of ketones is 1. The van der Waals surface area contributed by atoms with Crippen LogP contribution in [0.1, 0.15) is 28.4 Å². The molecule has 0 heterocycles. The molecule has 1 amide bonds. The number of benzene rings is 2. The van der Waals surface area contributed by atoms with Crippen LogP contribution in [-0.2, 0) is 11.2 Å². The summed E-state index contributed by atoms with van der Waals surface area (Å²) in [5, 5.41) is 13.7. The molecule has 0 saturated heterocycles. The topological polar surface area (TPSA) is 89.3 Å². The van der Waals surface area contributed by atoms with Crippen LogP contribution in [0.25, 0.3) is 0 Å². The Morgan fingerprint density at radius 3 is 2.50 bits per heavy atom. The molecule has 2 aromatic rings. The van der Waals surface area contributed by atoms with Crippen molar-refractivity contribution in [3.63, 3.8) is 0 Å². The number of nitrogens with one attached hydrogen (secondary N) is 1. The van der Waals surface area contributed by atoms with E-state index in [4.69, 9.17) is 11.6 Å². The van der Waals surface area contributed by atoms with Crippen molar-refractivity contribution in [2.75, 3.05) is 5.32 Å². The third-order valence-corrected chi connectivity index (χ3v) is 3.80. The minimum Gasteiger partial charge on any atom is -0.326 e. The molecule has 0 unspecified atom stereocenters. The molecule has 24 heavy (non-hydrogen) atoms. The van der Waals surface area contributed by atoms with Gasteiger partial charge >= 0.3 is 0 Å². The maximum Gasteiger partial charge on any atom is 0.270 e. The molecule has 2 aromatic carbocycles. The Morgan fingerprint density at radius 2 is 1.92 bits per heavy atom. The number of nitrogens with zero attached hydrogens (tertiary/aromatic N) is 1. The van der Waals surface area contributed by atoms with Crippen LogP contribution in [-0.4, -0.2) is 16.6 Å². The van der Waals surface area contributed by atoms with Crippen LogP contribution in [0.5, 0.6) is 0 Å². The summed E-state index contributed by atoms with van der Waals surface area (Å²) in [5.41, 5.74) is 2.18. The SMILES string of the molecule is CC(=O)Nc1ccc(CC(=O)c2cc([N+](=O)[O-])ccc2Cl)c(C)c1. The van der Waals surface area contributed by atoms with E-state index in [0.717, 1.165) is 11.1 Å². The Hall–Kier alpha value is -2.73. The number of carbonyl (C=O) groups excluding carboxylic acids is 2. The number of carbonyl (C=O) groups is 2. The molecule has 6 nitrogen and oxygen atoms in total. The molecule has 0 bridgehead atoms. The van der Waals surface area contributed by atoms with Gasteiger partial charge in [0.15, 0.2) is 5.78 Å². The fourth-order valence-electron chi connectivity index (χ4n) is 2.28. The van der Waals surface area contributed by atoms with E-state index in [9.17, 15) is 19.7 Å². The lowest BCUT2D eigenvalue weighted by atomic mass is 9.98. The van der Waals surface area contributed by atoms with Crippen LogP contribution in [0, 0.1) is 17.0 Å². The number of non-ortho nitro benzene ring substituents is 1. The first kappa shape index (κ1) is 17.6. The molecule has 0 fully saturated rings. The number of nitro groups is 1. The molecular weight excluding hydrogens is 332 g/mol. The molecule has 2 rings (SSSR count). The monoisotopic (exact) mass is 346 g/mol. The maximum atomic E-state index is 12.4. The molecule has 7 heteroatoms. The summed E-state index contributed by atoms with van der Waals surface area (Å²) in [6.45, 7) is 3.24. The van der Waals surface area contributed by atoms with Crippen molar-refractivity contribution in [3.05, 3.63) is 68.2 Å². The van der Waals surface area contributed by atoms with Crippen LogP contribution in [0.2, 0.25) is 5.02 Å². The van der Waals surface area contributed by atoms with Crippen LogP contribution in [0.4, 0.5) is 11.4 Å². The average Bonchev–Trinajstić information content (AvgIpc) is 2.49. The van der Waals surface area contributed by atoms with Gasteiger partial charge in [-0.2, -0.15) is 0 Å². The van der Waals surface area contributed by atoms with Gasteiger partial charge in [-0.25, -0.2) is 0 Å². The highest BCUT2D eigenvalue weighted by molar-refractivity contribution is 6.34. The van der Waals surface area contributed by atoms with E-state index in [1.807, 2.05) is 6.92 Å². The summed E-state index contributed by atoms with van der Waals surface area (Å²) in [6.07, 6.45) is 0.0626. The number of aryl methyl sites for hydroxylation is 1. The number of amides is 1. The third-order valence-electron chi connectivity index (χ3n) is 3.48. The highest BCUT2D eigenvalue weighted by Crippen LogP contribution is 2.24. The number of halogens is 1. The van der Waals surface area contributed by atoms with Gasteiger partial charge in [0.25, 0.3) is 5.69 Å². The summed E-state index contributed by atoms with van der Waals surface area (Å²) in [4.78, 5) is 33.8. The summed E-state index contributed by atoms with van der Waals surface area (Å²) in [6, 6.07) is 8.99. The van der Waals surface area contributed by atoms with Crippen LogP contribution in [0.15, 0.2) is 36.4 Å². The Labute approximate surface area is 143 Å². The molecule has 1 N–H and O–H groups in total. The fourth-order valence-corrected chi connectivity index (χ4v) is 2.51. The fraction of sp³-hybridized carbons (Fsp3) is 0.176. The smallest absolute Gasteiger partial charge is 0.270 e. The second-order valence-corrected chi connectivity index (χ2v) is 5.75. The lowest BCUT2D eigenvalue weighted by Crippen LogP contribution is -2.08. The van der Waals surface area contributed by atoms with Gasteiger partial charge in [0.1, 0.15) is 0 Å². The Balaban J connectivity index is 2.25. The quantitative estimate of drug-likeness (QED) is 0.504. The highest BCUT2D eigenvalue weighted by Gasteiger charge is 2.17. The molecular formula is C17H15ClN2O4. The lowest BCUT2D eigenvalue weighted by Gasteiger charge is -2.09. The summed E-state index contributed by atoms with van der Waals surface area (Å²) < 4.78 is 0. The van der Waals surface area contributed by atoms with Gasteiger partial charge in [-0.05, 0) is 36.2 Å². The molecule has 0 aliphatic rings. The normalized spacial score (nSPS) is 10.3. The predicted octanol–water partition coefficient (Wildman–Crippen LogP) is 3.94. The molecule has 0 spiro atoms. The van der Waals surface area contributed by atoms with Gasteiger partial charge in [0, 0.05) is 36.7 Å². The van der Waals surface area contributed by atoms with Crippen LogP contribution in [0.3, 0.4) is 0 Å². The Morgan fingerprint density at radius 1 is 1.21 bits per heavy atom. The number of rotatable bonds is 5. The summed E-state index contributed by atoms with van der Waals surface area (Å²) >= 11 is 5.99. The summed E-state index contributed by atoms with van der Waals surface area (Å²) in [5.74, 6) is -0.485. The second kappa shape index (κ2) is 7.23. The lowest BCUT2D eigenvalue weighted by molar-refractivity contribution is -0.384. The first-order valence-electron chi connectivity index (χ1n) is 7.12. The van der Waals surface area contributed by atoms with Gasteiger partial charge in [-0.15, -0.1) is 0 Å². The van der Waals surface area contributed by atoms with E-state index in [0.29, 0.717) is 5.69 Å². The van der Waals surface area contributed by atoms with E-state index in [1.165, 1.54) is 25.1 Å². The number of nitro benzene ring substituents is 1. The highest BCUT2D eigenvalue weighted by atomic mass is 35.5. The van der Waals surface area contributed by atoms with Gasteiger partial charge in [0.05, 0.1) is 9.95 Å². The number of Topliss-reactive ketones (excluding diaryl/α,β-unsaturated/α-hetero) is 1. The molecule has 0 atom stereocenters. The second-order valence-electron chi connectivity index (χ2n) is 5.34. The van der Waals surface area contributed by atoms with E-state index in [-0.39, 0.29) is 34.4 Å². The van der Waals surface area contributed by atoms with E-state index in [1.54, 1.807) is 18.2 Å². The zero-order valence-corrected chi connectivity index (χ0v) is 13.9. The van der Waals surface area contributed by atoms with Gasteiger partial charge in [-0.1, -0.05) is 17.7 Å². The van der Waals surface area contributed by atoms with Crippen LogP contribution < -0.4 is 5.32 Å². The van der Waals surface area contributed by atoms with Crippen molar-refractivity contribution in [1.29, 1.82) is 0 Å². The average molecular weight is 347 g/mol. The predicted molar refractivity (Wildman–Crippen MR) is 91.6 cm³/mol. The molecule has 0 saturated carbocycles. The minimum atomic E-state index is -0.569. The minimum absolute atomic E-state index is 0.0626. The van der Waals surface area contributed by atoms with E-state index < -0.39 is 4.92 Å². The van der Waals surface area contributed by atoms with Crippen molar-refractivity contribution in [3.8, 4) is 0 Å². The van der Waals surface area contributed by atoms with Crippen molar-refractivity contribution in [1.82, 2.24) is 0 Å². The van der Waals surface area contributed by atoms with Crippen molar-refractivity contribution >= 4 is 34.7 Å². The summed E-state index contributed by atoms with van der Waals surface area (Å²) in [7, 11) is 0. The van der Waals surface area contributed by atoms with E-state index in [2.05, 4.69) is 5.32 Å². The first-order chi connectivity index (χ1) is 11.3. The van der Waals surface area contributed by atoms with Gasteiger partial charge in [-0.3, -0.25) is 19.7 Å². The van der Waals surface area contributed by atoms with Crippen molar-refractivity contribution < 1.29 is 14.5 Å². The number of hydrogen-bond donors (Lipinski definition) is 1. The Kier molecular flexibility index (Phi) is 5.31. The number of anilines is 1. The number of hydrogen-bond acceptors (Lipinski definition) is 4. The molecule has 0 aliphatic carbocycles. The molecule has 0 radical (unpaired) electrons.